The van der Waals surface area contributed by atoms with E-state index in [4.69, 9.17) is 4.98 Å². The molecule has 0 N–H and O–H groups in total. The molecule has 1 aliphatic carbocycles. The van der Waals surface area contributed by atoms with Crippen LogP contribution in [-0.4, -0.2) is 25.9 Å². The maximum Gasteiger partial charge on any atom is 0.268 e. The van der Waals surface area contributed by atoms with Gasteiger partial charge in [-0.15, -0.1) is 0 Å². The Morgan fingerprint density at radius 2 is 2.04 bits per heavy atom. The molecule has 2 atom stereocenters. The van der Waals surface area contributed by atoms with Crippen molar-refractivity contribution >= 4 is 33.9 Å². The van der Waals surface area contributed by atoms with Crippen molar-refractivity contribution in [2.45, 2.75) is 31.9 Å². The molecule has 1 aromatic carbocycles. The predicted octanol–water partition coefficient (Wildman–Crippen LogP) is 4.55. The highest BCUT2D eigenvalue weighted by Gasteiger charge is 2.50. The van der Waals surface area contributed by atoms with E-state index >= 15 is 0 Å². The number of rotatable bonds is 2. The SMILES string of the molecule is Cc1cc(-c2cn3cc(C4C5CB(C#N)CC4C5)nc3s2)cc2cn(C)nc12. The van der Waals surface area contributed by atoms with Gasteiger partial charge in [-0.25, -0.2) is 10.2 Å². The van der Waals surface area contributed by atoms with Gasteiger partial charge in [0.25, 0.3) is 6.71 Å². The monoisotopic (exact) mass is 385 g/mol. The van der Waals surface area contributed by atoms with Crippen molar-refractivity contribution in [3.8, 4) is 16.4 Å². The van der Waals surface area contributed by atoms with E-state index < -0.39 is 0 Å². The lowest BCUT2D eigenvalue weighted by Gasteiger charge is -2.49. The van der Waals surface area contributed by atoms with E-state index in [0.717, 1.165) is 23.1 Å². The molecule has 0 radical (unpaired) electrons. The predicted molar refractivity (Wildman–Crippen MR) is 113 cm³/mol. The average Bonchev–Trinajstić information content (AvgIpc) is 3.34. The average molecular weight is 385 g/mol. The molecule has 0 amide bonds. The summed E-state index contributed by atoms with van der Waals surface area (Å²) >= 11 is 1.75. The van der Waals surface area contributed by atoms with E-state index in [1.165, 1.54) is 33.5 Å². The van der Waals surface area contributed by atoms with Crippen LogP contribution in [-0.2, 0) is 7.05 Å². The molecule has 4 aromatic rings. The molecule has 1 saturated heterocycles. The van der Waals surface area contributed by atoms with E-state index in [9.17, 15) is 5.26 Å². The number of hydrogen-bond acceptors (Lipinski definition) is 4. The second-order valence-corrected chi connectivity index (χ2v) is 9.57. The Labute approximate surface area is 167 Å². The van der Waals surface area contributed by atoms with E-state index in [1.54, 1.807) is 11.3 Å². The van der Waals surface area contributed by atoms with E-state index in [2.05, 4.69) is 53.1 Å². The first kappa shape index (κ1) is 16.4. The van der Waals surface area contributed by atoms with Crippen molar-refractivity contribution in [3.63, 3.8) is 0 Å². The lowest BCUT2D eigenvalue weighted by atomic mass is 9.31. The number of imidazole rings is 1. The first-order valence-electron chi connectivity index (χ1n) is 9.91. The Morgan fingerprint density at radius 1 is 1.21 bits per heavy atom. The van der Waals surface area contributed by atoms with Gasteiger partial charge in [0.1, 0.15) is 0 Å². The third-order valence-electron chi connectivity index (χ3n) is 6.69. The van der Waals surface area contributed by atoms with Crippen molar-refractivity contribution in [2.75, 3.05) is 0 Å². The van der Waals surface area contributed by atoms with Crippen LogP contribution in [0.5, 0.6) is 0 Å². The third kappa shape index (κ3) is 2.31. The summed E-state index contributed by atoms with van der Waals surface area (Å²) in [7, 11) is 1.97. The van der Waals surface area contributed by atoms with Gasteiger partial charge >= 0.3 is 0 Å². The van der Waals surface area contributed by atoms with E-state index in [0.29, 0.717) is 17.8 Å². The smallest absolute Gasteiger partial charge is 0.268 e. The Kier molecular flexibility index (Phi) is 3.34. The molecule has 3 aromatic heterocycles. The van der Waals surface area contributed by atoms with E-state index in [1.807, 2.05) is 11.7 Å². The summed E-state index contributed by atoms with van der Waals surface area (Å²) in [4.78, 5) is 7.29. The highest BCUT2D eigenvalue weighted by Crippen LogP contribution is 2.56. The molecule has 2 unspecified atom stereocenters. The molecule has 0 spiro atoms. The molecule has 2 bridgehead atoms. The number of aryl methyl sites for hydroxylation is 2. The fraction of sp³-hybridized carbons (Fsp3) is 0.381. The van der Waals surface area contributed by atoms with Crippen LogP contribution in [0.2, 0.25) is 12.6 Å². The second kappa shape index (κ2) is 5.71. The lowest BCUT2D eigenvalue weighted by Crippen LogP contribution is -2.44. The fourth-order valence-electron chi connectivity index (χ4n) is 5.45. The zero-order valence-electron chi connectivity index (χ0n) is 16.0. The van der Waals surface area contributed by atoms with Crippen molar-refractivity contribution in [2.24, 2.45) is 18.9 Å². The lowest BCUT2D eigenvalue weighted by molar-refractivity contribution is 0.155. The van der Waals surface area contributed by atoms with Crippen molar-refractivity contribution in [1.82, 2.24) is 19.2 Å². The number of hydrogen-bond donors (Lipinski definition) is 0. The molecule has 2 aliphatic rings. The van der Waals surface area contributed by atoms with Crippen LogP contribution in [0.25, 0.3) is 26.3 Å². The zero-order chi connectivity index (χ0) is 19.0. The first-order valence-corrected chi connectivity index (χ1v) is 10.7. The molecular weight excluding hydrogens is 365 g/mol. The number of aromatic nitrogens is 4. The maximum atomic E-state index is 9.22. The Hall–Kier alpha value is -2.59. The molecule has 4 heterocycles. The third-order valence-corrected chi connectivity index (χ3v) is 7.74. The number of nitriles is 1. The van der Waals surface area contributed by atoms with Gasteiger partial charge in [-0.3, -0.25) is 9.08 Å². The van der Waals surface area contributed by atoms with Crippen LogP contribution in [0.4, 0.5) is 0 Å². The number of benzene rings is 1. The molecule has 5 nitrogen and oxygen atoms in total. The fourth-order valence-corrected chi connectivity index (χ4v) is 6.41. The van der Waals surface area contributed by atoms with Crippen LogP contribution >= 0.6 is 11.3 Å². The minimum atomic E-state index is 0.265. The van der Waals surface area contributed by atoms with Gasteiger partial charge in [-0.05, 0) is 48.4 Å². The summed E-state index contributed by atoms with van der Waals surface area (Å²) < 4.78 is 4.06. The van der Waals surface area contributed by atoms with Gasteiger partial charge < -0.3 is 0 Å². The van der Waals surface area contributed by atoms with Crippen LogP contribution in [0.3, 0.4) is 0 Å². The maximum absolute atomic E-state index is 9.22. The van der Waals surface area contributed by atoms with Crippen LogP contribution in [0, 0.1) is 30.0 Å². The van der Waals surface area contributed by atoms with Crippen LogP contribution < -0.4 is 0 Å². The van der Waals surface area contributed by atoms with Gasteiger partial charge in [0.15, 0.2) is 4.96 Å². The number of fused-ring (bicyclic) bond motifs is 4. The van der Waals surface area contributed by atoms with Gasteiger partial charge in [-0.1, -0.05) is 24.0 Å². The van der Waals surface area contributed by atoms with Crippen molar-refractivity contribution in [1.29, 1.82) is 5.26 Å². The van der Waals surface area contributed by atoms with Gasteiger partial charge in [0, 0.05) is 42.9 Å². The zero-order valence-corrected chi connectivity index (χ0v) is 16.8. The molecule has 1 saturated carbocycles. The molecular formula is C21H20BN5S. The number of thiazole rings is 1. The van der Waals surface area contributed by atoms with E-state index in [-0.39, 0.29) is 6.71 Å². The highest BCUT2D eigenvalue weighted by molar-refractivity contribution is 7.20. The summed E-state index contributed by atoms with van der Waals surface area (Å²) in [5.74, 6) is 4.35. The van der Waals surface area contributed by atoms with Crippen LogP contribution in [0.1, 0.15) is 23.6 Å². The quantitative estimate of drug-likeness (QED) is 0.476. The topological polar surface area (TPSA) is 58.9 Å². The summed E-state index contributed by atoms with van der Waals surface area (Å²) in [6.07, 6.45) is 9.90. The molecule has 28 heavy (non-hydrogen) atoms. The Morgan fingerprint density at radius 3 is 2.79 bits per heavy atom. The molecule has 2 fully saturated rings. The summed E-state index contributed by atoms with van der Waals surface area (Å²) in [6, 6.07) is 4.44. The van der Waals surface area contributed by atoms with Crippen molar-refractivity contribution < 1.29 is 0 Å². The van der Waals surface area contributed by atoms with Gasteiger partial charge in [0.05, 0.1) is 16.1 Å². The molecule has 138 valence electrons. The van der Waals surface area contributed by atoms with Crippen LogP contribution in [0.15, 0.2) is 30.7 Å². The standard InChI is InChI=1S/C21H20BN5S/c1-12-3-13(4-16-8-26(2)25-20(12)16)18-10-27-9-17(24-21(27)28-18)19-14-5-15(19)7-22(6-14)11-23/h3-4,8-10,14-15,19H,5-7H2,1-2H3. The highest BCUT2D eigenvalue weighted by atomic mass is 32.1. The first-order chi connectivity index (χ1) is 13.6. The minimum Gasteiger partial charge on any atom is -0.297 e. The Balaban J connectivity index is 1.34. The Bertz CT molecular complexity index is 1230. The summed E-state index contributed by atoms with van der Waals surface area (Å²) in [5, 5.41) is 14.9. The normalized spacial score (nSPS) is 23.9. The summed E-state index contributed by atoms with van der Waals surface area (Å²) in [5.41, 5.74) is 4.73. The molecule has 1 aliphatic heterocycles. The minimum absolute atomic E-state index is 0.265. The summed E-state index contributed by atoms with van der Waals surface area (Å²) in [6.45, 7) is 2.39. The van der Waals surface area contributed by atoms with Gasteiger partial charge in [-0.2, -0.15) is 5.10 Å². The second-order valence-electron chi connectivity index (χ2n) is 8.56. The van der Waals surface area contributed by atoms with Gasteiger partial charge in [0.2, 0.25) is 0 Å². The molecule has 6 rings (SSSR count). The molecule has 7 heteroatoms. The number of nitrogens with zero attached hydrogens (tertiary/aromatic N) is 5. The van der Waals surface area contributed by atoms with Crippen molar-refractivity contribution in [3.05, 3.63) is 42.0 Å². The largest absolute Gasteiger partial charge is 0.297 e.